The summed E-state index contributed by atoms with van der Waals surface area (Å²) >= 11 is 1.43. The van der Waals surface area contributed by atoms with Crippen molar-refractivity contribution in [1.82, 2.24) is 10.2 Å². The van der Waals surface area contributed by atoms with Gasteiger partial charge in [-0.15, -0.1) is 0 Å². The second-order valence-corrected chi connectivity index (χ2v) is 9.74. The average Bonchev–Trinajstić information content (AvgIpc) is 3.34. The van der Waals surface area contributed by atoms with Crippen LogP contribution in [0.5, 0.6) is 11.5 Å². The Labute approximate surface area is 227 Å². The van der Waals surface area contributed by atoms with Crippen LogP contribution in [0.4, 0.5) is 0 Å². The summed E-state index contributed by atoms with van der Waals surface area (Å²) in [5, 5.41) is 5.63. The number of amidine groups is 1. The third-order valence-corrected chi connectivity index (χ3v) is 7.34. The average molecular weight is 536 g/mol. The molecule has 2 aliphatic rings. The van der Waals surface area contributed by atoms with E-state index >= 15 is 0 Å². The molecule has 200 valence electrons. The molecule has 2 heterocycles. The van der Waals surface area contributed by atoms with Crippen LogP contribution >= 0.6 is 11.8 Å². The third-order valence-electron chi connectivity index (χ3n) is 6.45. The second kappa shape index (κ2) is 12.2. The van der Waals surface area contributed by atoms with Crippen LogP contribution in [0.3, 0.4) is 0 Å². The van der Waals surface area contributed by atoms with Crippen molar-refractivity contribution in [2.45, 2.75) is 45.7 Å². The van der Waals surface area contributed by atoms with E-state index in [1.54, 1.807) is 27.2 Å². The van der Waals surface area contributed by atoms with Gasteiger partial charge in [-0.2, -0.15) is 0 Å². The number of esters is 1. The van der Waals surface area contributed by atoms with Crippen LogP contribution in [0.15, 0.2) is 70.2 Å². The van der Waals surface area contributed by atoms with Gasteiger partial charge in [-0.05, 0) is 37.8 Å². The van der Waals surface area contributed by atoms with Crippen LogP contribution in [0.2, 0.25) is 0 Å². The van der Waals surface area contributed by atoms with Gasteiger partial charge in [0.25, 0.3) is 0 Å². The number of hydrogen-bond donors (Lipinski definition) is 1. The van der Waals surface area contributed by atoms with Gasteiger partial charge in [0.2, 0.25) is 5.91 Å². The van der Waals surface area contributed by atoms with Gasteiger partial charge in [-0.1, -0.05) is 49.0 Å². The van der Waals surface area contributed by atoms with Gasteiger partial charge in [-0.25, -0.2) is 9.79 Å². The summed E-state index contributed by atoms with van der Waals surface area (Å²) in [5.74, 6) is 0.602. The Morgan fingerprint density at radius 1 is 1.11 bits per heavy atom. The number of carbonyl (C=O) groups is 2. The summed E-state index contributed by atoms with van der Waals surface area (Å²) in [5.41, 5.74) is 3.17. The Bertz CT molecular complexity index is 1290. The number of fused-ring (bicyclic) bond motifs is 1. The Hall–Kier alpha value is -3.72. The minimum atomic E-state index is -0.643. The molecular formula is C29H33N3O5S. The van der Waals surface area contributed by atoms with Gasteiger partial charge in [0.15, 0.2) is 5.17 Å². The molecule has 2 aromatic carbocycles. The van der Waals surface area contributed by atoms with E-state index < -0.39 is 12.0 Å². The highest BCUT2D eigenvalue weighted by atomic mass is 32.2. The molecule has 1 N–H and O–H groups in total. The van der Waals surface area contributed by atoms with E-state index in [1.165, 1.54) is 11.8 Å². The molecule has 4 rings (SSSR count). The standard InChI is InChI=1S/C29H33N3O5S/c1-6-18(3)30-24(33)15-20-17-38-29-31-26(19-11-9-8-10-12-19)25(28(34)37-7-2)27(32(20)29)22-14-13-21(35-4)16-23(22)36-5/h8-14,16-18,27H,6-7,15H2,1-5H3,(H,30,33)/t18-,27-/m1/s1. The largest absolute Gasteiger partial charge is 0.497 e. The molecule has 0 unspecified atom stereocenters. The Morgan fingerprint density at radius 3 is 2.53 bits per heavy atom. The number of rotatable bonds is 10. The second-order valence-electron chi connectivity index (χ2n) is 8.90. The zero-order valence-electron chi connectivity index (χ0n) is 22.3. The van der Waals surface area contributed by atoms with Crippen molar-refractivity contribution in [3.05, 3.63) is 76.3 Å². The summed E-state index contributed by atoms with van der Waals surface area (Å²) in [6.07, 6.45) is 0.972. The maximum Gasteiger partial charge on any atom is 0.338 e. The van der Waals surface area contributed by atoms with Crippen LogP contribution in [-0.2, 0) is 14.3 Å². The van der Waals surface area contributed by atoms with Gasteiger partial charge < -0.3 is 24.4 Å². The predicted octanol–water partition coefficient (Wildman–Crippen LogP) is 5.28. The minimum Gasteiger partial charge on any atom is -0.497 e. The van der Waals surface area contributed by atoms with E-state index in [0.717, 1.165) is 23.2 Å². The molecule has 0 bridgehead atoms. The van der Waals surface area contributed by atoms with E-state index in [4.69, 9.17) is 19.2 Å². The van der Waals surface area contributed by atoms with Crippen LogP contribution in [0.1, 0.15) is 50.8 Å². The molecule has 0 fully saturated rings. The molecule has 0 aliphatic carbocycles. The van der Waals surface area contributed by atoms with Crippen molar-refractivity contribution in [3.63, 3.8) is 0 Å². The molecule has 9 heteroatoms. The summed E-state index contributed by atoms with van der Waals surface area (Å²) < 4.78 is 16.8. The number of nitrogens with zero attached hydrogens (tertiary/aromatic N) is 2. The van der Waals surface area contributed by atoms with E-state index in [0.29, 0.717) is 27.9 Å². The fourth-order valence-corrected chi connectivity index (χ4v) is 5.34. The Kier molecular flexibility index (Phi) is 8.78. The molecule has 38 heavy (non-hydrogen) atoms. The summed E-state index contributed by atoms with van der Waals surface area (Å²) in [6, 6.07) is 14.5. The van der Waals surface area contributed by atoms with Crippen molar-refractivity contribution < 1.29 is 23.8 Å². The first-order chi connectivity index (χ1) is 18.4. The van der Waals surface area contributed by atoms with Crippen molar-refractivity contribution in [2.75, 3.05) is 20.8 Å². The van der Waals surface area contributed by atoms with Gasteiger partial charge in [-0.3, -0.25) is 4.79 Å². The molecule has 0 spiro atoms. The number of benzene rings is 2. The number of aliphatic imine (C=N–C) groups is 1. The molecular weight excluding hydrogens is 502 g/mol. The molecule has 8 nitrogen and oxygen atoms in total. The highest BCUT2D eigenvalue weighted by molar-refractivity contribution is 8.16. The van der Waals surface area contributed by atoms with Gasteiger partial charge in [0.05, 0.1) is 44.6 Å². The highest BCUT2D eigenvalue weighted by Crippen LogP contribution is 2.49. The molecule has 0 radical (unpaired) electrons. The maximum absolute atomic E-state index is 13.6. The van der Waals surface area contributed by atoms with E-state index in [-0.39, 0.29) is 25.0 Å². The van der Waals surface area contributed by atoms with Crippen LogP contribution in [-0.4, -0.2) is 48.8 Å². The predicted molar refractivity (Wildman–Crippen MR) is 150 cm³/mol. The number of ether oxygens (including phenoxy) is 3. The van der Waals surface area contributed by atoms with Crippen molar-refractivity contribution >= 4 is 34.5 Å². The lowest BCUT2D eigenvalue weighted by molar-refractivity contribution is -0.139. The third kappa shape index (κ3) is 5.57. The van der Waals surface area contributed by atoms with Gasteiger partial charge in [0.1, 0.15) is 11.5 Å². The van der Waals surface area contributed by atoms with Crippen molar-refractivity contribution in [3.8, 4) is 11.5 Å². The van der Waals surface area contributed by atoms with Crippen LogP contribution in [0.25, 0.3) is 5.70 Å². The van der Waals surface area contributed by atoms with Gasteiger partial charge >= 0.3 is 5.97 Å². The molecule has 0 aromatic heterocycles. The summed E-state index contributed by atoms with van der Waals surface area (Å²) in [4.78, 5) is 33.4. The quantitative estimate of drug-likeness (QED) is 0.414. The first kappa shape index (κ1) is 27.3. The zero-order chi connectivity index (χ0) is 27.2. The maximum atomic E-state index is 13.6. The number of carbonyl (C=O) groups excluding carboxylic acids is 2. The Balaban J connectivity index is 1.90. The first-order valence-electron chi connectivity index (χ1n) is 12.6. The lowest BCUT2D eigenvalue weighted by Crippen LogP contribution is -2.39. The number of amides is 1. The van der Waals surface area contributed by atoms with Crippen molar-refractivity contribution in [2.24, 2.45) is 4.99 Å². The van der Waals surface area contributed by atoms with E-state index in [9.17, 15) is 9.59 Å². The summed E-state index contributed by atoms with van der Waals surface area (Å²) in [7, 11) is 3.17. The number of thioether (sulfide) groups is 1. The smallest absolute Gasteiger partial charge is 0.338 e. The lowest BCUT2D eigenvalue weighted by Gasteiger charge is -2.37. The SMILES string of the molecule is CCOC(=O)C1=C(c2ccccc2)N=C2SC=C(CC(=O)N[C@H](C)CC)N2[C@@H]1c1ccc(OC)cc1OC. The van der Waals surface area contributed by atoms with Crippen LogP contribution < -0.4 is 14.8 Å². The van der Waals surface area contributed by atoms with E-state index in [2.05, 4.69) is 5.32 Å². The first-order valence-corrected chi connectivity index (χ1v) is 13.5. The number of hydrogen-bond acceptors (Lipinski definition) is 8. The monoisotopic (exact) mass is 535 g/mol. The Morgan fingerprint density at radius 2 is 1.87 bits per heavy atom. The molecule has 2 atom stereocenters. The molecule has 0 saturated carbocycles. The topological polar surface area (TPSA) is 89.5 Å². The fraction of sp³-hybridized carbons (Fsp3) is 0.345. The lowest BCUT2D eigenvalue weighted by atomic mass is 9.90. The minimum absolute atomic E-state index is 0.0591. The molecule has 2 aromatic rings. The van der Waals surface area contributed by atoms with E-state index in [1.807, 2.05) is 66.6 Å². The highest BCUT2D eigenvalue weighted by Gasteiger charge is 2.43. The van der Waals surface area contributed by atoms with Crippen molar-refractivity contribution in [1.29, 1.82) is 0 Å². The molecule has 0 saturated heterocycles. The number of nitrogens with one attached hydrogen (secondary N) is 1. The molecule has 1 amide bonds. The zero-order valence-corrected chi connectivity index (χ0v) is 23.1. The fourth-order valence-electron chi connectivity index (χ4n) is 4.42. The summed E-state index contributed by atoms with van der Waals surface area (Å²) in [6.45, 7) is 5.99. The normalized spacial score (nSPS) is 17.3. The van der Waals surface area contributed by atoms with Gasteiger partial charge in [0, 0.05) is 28.9 Å². The van der Waals surface area contributed by atoms with Crippen LogP contribution in [0, 0.1) is 0 Å². The number of methoxy groups -OCH3 is 2. The molecule has 2 aliphatic heterocycles.